The van der Waals surface area contributed by atoms with Crippen molar-refractivity contribution < 1.29 is 10.2 Å². The highest BCUT2D eigenvalue weighted by Crippen LogP contribution is 2.39. The van der Waals surface area contributed by atoms with Gasteiger partial charge >= 0.3 is 0 Å². The largest absolute Gasteiger partial charge is 0.399 e. The van der Waals surface area contributed by atoms with E-state index in [0.29, 0.717) is 24.5 Å². The lowest BCUT2D eigenvalue weighted by Gasteiger charge is -2.19. The highest BCUT2D eigenvalue weighted by molar-refractivity contribution is 5.94. The molecule has 0 aliphatic heterocycles. The summed E-state index contributed by atoms with van der Waals surface area (Å²) in [6.45, 7) is 0.914. The van der Waals surface area contributed by atoms with E-state index in [1.54, 1.807) is 12.1 Å². The number of hydrogen-bond donors (Lipinski definition) is 6. The van der Waals surface area contributed by atoms with E-state index in [9.17, 15) is 0 Å². The van der Waals surface area contributed by atoms with Gasteiger partial charge in [-0.2, -0.15) is 0 Å². The number of anilines is 4. The first-order valence-electron chi connectivity index (χ1n) is 7.15. The lowest BCUT2D eigenvalue weighted by molar-refractivity contribution is 0.311. The number of aliphatic hydroxyl groups is 2. The molecule has 0 fully saturated rings. The minimum Gasteiger partial charge on any atom is -0.399 e. The van der Waals surface area contributed by atoms with Gasteiger partial charge in [-0.25, -0.2) is 0 Å². The molecule has 8 N–H and O–H groups in total. The smallest absolute Gasteiger partial charge is 0.0604 e. The van der Waals surface area contributed by atoms with Crippen molar-refractivity contribution in [2.45, 2.75) is 0 Å². The highest BCUT2D eigenvalue weighted by atomic mass is 16.3. The predicted molar refractivity (Wildman–Crippen MR) is 91.9 cm³/mol. The third kappa shape index (κ3) is 3.60. The van der Waals surface area contributed by atoms with Crippen LogP contribution in [0.5, 0.6) is 0 Å². The van der Waals surface area contributed by atoms with Gasteiger partial charge in [-0.1, -0.05) is 6.07 Å². The molecule has 6 heteroatoms. The summed E-state index contributed by atoms with van der Waals surface area (Å²) >= 11 is 0. The second kappa shape index (κ2) is 7.53. The van der Waals surface area contributed by atoms with Crippen molar-refractivity contribution in [3.63, 3.8) is 0 Å². The van der Waals surface area contributed by atoms with E-state index in [-0.39, 0.29) is 13.2 Å². The van der Waals surface area contributed by atoms with Gasteiger partial charge in [-0.05, 0) is 30.3 Å². The molecule has 0 aromatic heterocycles. The third-order valence-electron chi connectivity index (χ3n) is 3.27. The molecule has 0 atom stereocenters. The van der Waals surface area contributed by atoms with Crippen LogP contribution in [0.15, 0.2) is 36.4 Å². The Labute approximate surface area is 129 Å². The minimum absolute atomic E-state index is 0.0279. The predicted octanol–water partition coefficient (Wildman–Crippen LogP) is 1.33. The SMILES string of the molecule is Nc1ccc(N)c(-c2c(NCCO)cccc2NCCO)c1. The fourth-order valence-corrected chi connectivity index (χ4v) is 2.31. The molecule has 0 saturated heterocycles. The molecule has 2 aromatic rings. The van der Waals surface area contributed by atoms with Crippen molar-refractivity contribution in [2.24, 2.45) is 0 Å². The van der Waals surface area contributed by atoms with Crippen molar-refractivity contribution in [1.82, 2.24) is 0 Å². The second-order valence-corrected chi connectivity index (χ2v) is 4.88. The Morgan fingerprint density at radius 1 is 0.864 bits per heavy atom. The van der Waals surface area contributed by atoms with Gasteiger partial charge in [0.2, 0.25) is 0 Å². The van der Waals surface area contributed by atoms with Crippen LogP contribution in [0.1, 0.15) is 0 Å². The van der Waals surface area contributed by atoms with E-state index >= 15 is 0 Å². The first kappa shape index (κ1) is 15.9. The Balaban J connectivity index is 2.55. The van der Waals surface area contributed by atoms with Gasteiger partial charge in [0.15, 0.2) is 0 Å². The van der Waals surface area contributed by atoms with Crippen LogP contribution in [0.25, 0.3) is 11.1 Å². The van der Waals surface area contributed by atoms with Crippen LogP contribution in [0.3, 0.4) is 0 Å². The molecule has 6 nitrogen and oxygen atoms in total. The average Bonchev–Trinajstić information content (AvgIpc) is 2.53. The summed E-state index contributed by atoms with van der Waals surface area (Å²) in [7, 11) is 0. The Kier molecular flexibility index (Phi) is 5.46. The first-order chi connectivity index (χ1) is 10.7. The fourth-order valence-electron chi connectivity index (χ4n) is 2.31. The lowest BCUT2D eigenvalue weighted by atomic mass is 9.98. The zero-order chi connectivity index (χ0) is 15.9. The van der Waals surface area contributed by atoms with Gasteiger partial charge in [-0.3, -0.25) is 0 Å². The Hall–Kier alpha value is -2.44. The van der Waals surface area contributed by atoms with Gasteiger partial charge in [0.25, 0.3) is 0 Å². The van der Waals surface area contributed by atoms with E-state index in [1.165, 1.54) is 0 Å². The quantitative estimate of drug-likeness (QED) is 0.430. The van der Waals surface area contributed by atoms with Crippen molar-refractivity contribution in [3.8, 4) is 11.1 Å². The third-order valence-corrected chi connectivity index (χ3v) is 3.27. The molecule has 0 unspecified atom stereocenters. The van der Waals surface area contributed by atoms with Gasteiger partial charge in [0.1, 0.15) is 0 Å². The first-order valence-corrected chi connectivity index (χ1v) is 7.15. The van der Waals surface area contributed by atoms with E-state index in [4.69, 9.17) is 21.7 Å². The molecule has 0 heterocycles. The molecule has 0 bridgehead atoms. The molecule has 2 aromatic carbocycles. The fraction of sp³-hybridized carbons (Fsp3) is 0.250. The summed E-state index contributed by atoms with van der Waals surface area (Å²) < 4.78 is 0. The standard InChI is InChI=1S/C16H22N4O2/c17-11-4-5-13(18)12(10-11)16-14(19-6-8-21)2-1-3-15(16)20-7-9-22/h1-5,10,19-22H,6-9,17-18H2. The summed E-state index contributed by atoms with van der Waals surface area (Å²) in [5.74, 6) is 0. The van der Waals surface area contributed by atoms with Crippen molar-refractivity contribution in [1.29, 1.82) is 0 Å². The molecule has 0 amide bonds. The molecular weight excluding hydrogens is 280 g/mol. The van der Waals surface area contributed by atoms with Crippen molar-refractivity contribution in [3.05, 3.63) is 36.4 Å². The Bertz CT molecular complexity index is 605. The van der Waals surface area contributed by atoms with E-state index < -0.39 is 0 Å². The summed E-state index contributed by atoms with van der Waals surface area (Å²) in [6, 6.07) is 11.1. The molecule has 2 rings (SSSR count). The van der Waals surface area contributed by atoms with Crippen LogP contribution in [0.4, 0.5) is 22.7 Å². The Morgan fingerprint density at radius 3 is 2.00 bits per heavy atom. The topological polar surface area (TPSA) is 117 Å². The van der Waals surface area contributed by atoms with Crippen LogP contribution in [-0.4, -0.2) is 36.5 Å². The molecule has 22 heavy (non-hydrogen) atoms. The van der Waals surface area contributed by atoms with Crippen LogP contribution in [-0.2, 0) is 0 Å². The molecule has 118 valence electrons. The zero-order valence-corrected chi connectivity index (χ0v) is 12.3. The maximum atomic E-state index is 9.04. The average molecular weight is 302 g/mol. The van der Waals surface area contributed by atoms with Crippen LogP contribution in [0.2, 0.25) is 0 Å². The minimum atomic E-state index is 0.0279. The lowest BCUT2D eigenvalue weighted by Crippen LogP contribution is -2.10. The monoisotopic (exact) mass is 302 g/mol. The summed E-state index contributed by atoms with van der Waals surface area (Å²) in [6.07, 6.45) is 0. The zero-order valence-electron chi connectivity index (χ0n) is 12.3. The molecule has 0 saturated carbocycles. The number of rotatable bonds is 7. The summed E-state index contributed by atoms with van der Waals surface area (Å²) in [4.78, 5) is 0. The van der Waals surface area contributed by atoms with E-state index in [1.807, 2.05) is 24.3 Å². The maximum absolute atomic E-state index is 9.04. The van der Waals surface area contributed by atoms with Gasteiger partial charge in [0.05, 0.1) is 13.2 Å². The van der Waals surface area contributed by atoms with E-state index in [2.05, 4.69) is 10.6 Å². The molecule has 0 radical (unpaired) electrons. The molecule has 0 spiro atoms. The van der Waals surface area contributed by atoms with E-state index in [0.717, 1.165) is 22.5 Å². The van der Waals surface area contributed by atoms with Crippen molar-refractivity contribution >= 4 is 22.7 Å². The number of aliphatic hydroxyl groups excluding tert-OH is 2. The van der Waals surface area contributed by atoms with Crippen LogP contribution >= 0.6 is 0 Å². The number of nitrogens with one attached hydrogen (secondary N) is 2. The summed E-state index contributed by atoms with van der Waals surface area (Å²) in [5, 5.41) is 24.4. The molecule has 0 aliphatic carbocycles. The highest BCUT2D eigenvalue weighted by Gasteiger charge is 2.13. The molecule has 0 aliphatic rings. The number of benzene rings is 2. The molecular formula is C16H22N4O2. The normalized spacial score (nSPS) is 10.5. The number of nitrogens with two attached hydrogens (primary N) is 2. The van der Waals surface area contributed by atoms with Crippen molar-refractivity contribution in [2.75, 3.05) is 48.4 Å². The second-order valence-electron chi connectivity index (χ2n) is 4.88. The van der Waals surface area contributed by atoms with Crippen LogP contribution < -0.4 is 22.1 Å². The maximum Gasteiger partial charge on any atom is 0.0604 e. The van der Waals surface area contributed by atoms with Crippen LogP contribution in [0, 0.1) is 0 Å². The van der Waals surface area contributed by atoms with Gasteiger partial charge in [0, 0.05) is 47.0 Å². The van der Waals surface area contributed by atoms with Gasteiger partial charge < -0.3 is 32.3 Å². The number of nitrogen functional groups attached to an aromatic ring is 2. The number of hydrogen-bond acceptors (Lipinski definition) is 6. The summed E-state index contributed by atoms with van der Waals surface area (Å²) in [5.41, 5.74) is 16.6. The Morgan fingerprint density at radius 2 is 1.45 bits per heavy atom. The van der Waals surface area contributed by atoms with Gasteiger partial charge in [-0.15, -0.1) is 0 Å².